The zero-order valence-electron chi connectivity index (χ0n) is 21.1. The summed E-state index contributed by atoms with van der Waals surface area (Å²) in [5.74, 6) is 0.269. The third kappa shape index (κ3) is 22.9. The van der Waals surface area contributed by atoms with Crippen LogP contribution in [0.3, 0.4) is 0 Å². The van der Waals surface area contributed by atoms with Crippen molar-refractivity contribution < 1.29 is 5.11 Å². The molecule has 0 radical (unpaired) electrons. The summed E-state index contributed by atoms with van der Waals surface area (Å²) in [6.07, 6.45) is 29.5. The molecule has 0 bridgehead atoms. The van der Waals surface area contributed by atoms with Gasteiger partial charge in [0.2, 0.25) is 0 Å². The van der Waals surface area contributed by atoms with Gasteiger partial charge in [-0.3, -0.25) is 0 Å². The van der Waals surface area contributed by atoms with Gasteiger partial charge in [0.25, 0.3) is 0 Å². The first-order valence-corrected chi connectivity index (χ1v) is 13.5. The predicted octanol–water partition coefficient (Wildman–Crippen LogP) is 9.31. The van der Waals surface area contributed by atoms with Gasteiger partial charge in [0, 0.05) is 5.92 Å². The molecule has 0 saturated carbocycles. The van der Waals surface area contributed by atoms with Gasteiger partial charge in [-0.05, 0) is 19.8 Å². The molecule has 2 nitrogen and oxygen atoms in total. The molecule has 0 fully saturated rings. The van der Waals surface area contributed by atoms with Crippen LogP contribution in [0, 0.1) is 5.92 Å². The first kappa shape index (κ1) is 32.4. The summed E-state index contributed by atoms with van der Waals surface area (Å²) in [5.41, 5.74) is 5.07. The first-order chi connectivity index (χ1) is 14.0. The van der Waals surface area contributed by atoms with Gasteiger partial charge in [0.05, 0.1) is 0 Å². The van der Waals surface area contributed by atoms with Crippen LogP contribution in [0.1, 0.15) is 162 Å². The number of unbranched alkanes of at least 4 members (excludes halogenated alkanes) is 18. The highest BCUT2D eigenvalue weighted by molar-refractivity contribution is 5.85. The number of rotatable bonds is 23. The Morgan fingerprint density at radius 3 is 1.00 bits per heavy atom. The maximum Gasteiger partial charge on any atom is 0.113 e. The summed E-state index contributed by atoms with van der Waals surface area (Å²) >= 11 is 0. The molecule has 184 valence electrons. The Labute approximate surface area is 197 Å². The van der Waals surface area contributed by atoms with Crippen LogP contribution >= 0.6 is 12.4 Å². The number of hydrogen-bond donors (Lipinski definition) is 2. The molecule has 30 heavy (non-hydrogen) atoms. The summed E-state index contributed by atoms with van der Waals surface area (Å²) < 4.78 is 0. The normalized spacial score (nSPS) is 13.4. The molecule has 3 N–H and O–H groups in total. The molecule has 0 spiro atoms. The second-order valence-electron chi connectivity index (χ2n) is 9.86. The van der Waals surface area contributed by atoms with Crippen LogP contribution in [0.2, 0.25) is 0 Å². The molecule has 1 atom stereocenters. The van der Waals surface area contributed by atoms with Crippen LogP contribution in [-0.4, -0.2) is 10.8 Å². The van der Waals surface area contributed by atoms with Gasteiger partial charge in [0.15, 0.2) is 0 Å². The van der Waals surface area contributed by atoms with Crippen molar-refractivity contribution in [3.05, 3.63) is 0 Å². The fraction of sp³-hybridized carbons (Fsp3) is 1.00. The smallest absolute Gasteiger partial charge is 0.113 e. The van der Waals surface area contributed by atoms with Gasteiger partial charge in [-0.25, -0.2) is 0 Å². The number of halogens is 1. The molecule has 0 saturated heterocycles. The summed E-state index contributed by atoms with van der Waals surface area (Å²) in [7, 11) is 0. The van der Waals surface area contributed by atoms with E-state index in [1.165, 1.54) is 128 Å². The highest BCUT2D eigenvalue weighted by Crippen LogP contribution is 2.26. The van der Waals surface area contributed by atoms with Crippen LogP contribution in [0.4, 0.5) is 0 Å². The van der Waals surface area contributed by atoms with Crippen LogP contribution in [0.25, 0.3) is 0 Å². The molecule has 0 aromatic heterocycles. The van der Waals surface area contributed by atoms with Crippen molar-refractivity contribution in [2.75, 3.05) is 0 Å². The Balaban J connectivity index is 0. The van der Waals surface area contributed by atoms with Crippen molar-refractivity contribution in [3.8, 4) is 0 Å². The Morgan fingerprint density at radius 1 is 0.533 bits per heavy atom. The zero-order valence-corrected chi connectivity index (χ0v) is 21.9. The summed E-state index contributed by atoms with van der Waals surface area (Å²) in [6.45, 7) is 6.37. The van der Waals surface area contributed by atoms with Crippen LogP contribution in [0.15, 0.2) is 0 Å². The van der Waals surface area contributed by atoms with Crippen molar-refractivity contribution in [1.82, 2.24) is 0 Å². The molecule has 0 aliphatic rings. The third-order valence-corrected chi connectivity index (χ3v) is 6.64. The van der Waals surface area contributed by atoms with Crippen molar-refractivity contribution in [2.45, 2.75) is 168 Å². The fourth-order valence-corrected chi connectivity index (χ4v) is 4.49. The predicted molar refractivity (Wildman–Crippen MR) is 138 cm³/mol. The zero-order chi connectivity index (χ0) is 21.6. The van der Waals surface area contributed by atoms with E-state index >= 15 is 0 Å². The topological polar surface area (TPSA) is 46.2 Å². The SMILES string of the molecule is CCCCCCCCCCCCC(CCCCCCCCCCCC)C(C)(N)O.Cl. The lowest BCUT2D eigenvalue weighted by atomic mass is 9.86. The monoisotopic (exact) mass is 447 g/mol. The summed E-state index contributed by atoms with van der Waals surface area (Å²) in [5, 5.41) is 10.3. The van der Waals surface area contributed by atoms with E-state index in [0.717, 1.165) is 12.8 Å². The van der Waals surface area contributed by atoms with Gasteiger partial charge in [0.1, 0.15) is 5.72 Å². The van der Waals surface area contributed by atoms with Crippen molar-refractivity contribution in [3.63, 3.8) is 0 Å². The van der Waals surface area contributed by atoms with Crippen molar-refractivity contribution >= 4 is 12.4 Å². The average Bonchev–Trinajstić information content (AvgIpc) is 2.68. The summed E-state index contributed by atoms with van der Waals surface area (Å²) in [4.78, 5) is 0. The minimum Gasteiger partial charge on any atom is -0.376 e. The van der Waals surface area contributed by atoms with E-state index in [1.54, 1.807) is 0 Å². The molecular weight excluding hydrogens is 390 g/mol. The number of hydrogen-bond acceptors (Lipinski definition) is 2. The molecule has 0 heterocycles. The van der Waals surface area contributed by atoms with E-state index in [9.17, 15) is 5.11 Å². The maximum atomic E-state index is 10.3. The van der Waals surface area contributed by atoms with E-state index in [4.69, 9.17) is 5.73 Å². The largest absolute Gasteiger partial charge is 0.376 e. The lowest BCUT2D eigenvalue weighted by Gasteiger charge is -2.29. The Morgan fingerprint density at radius 2 is 0.767 bits per heavy atom. The van der Waals surface area contributed by atoms with Crippen LogP contribution < -0.4 is 5.73 Å². The van der Waals surface area contributed by atoms with Gasteiger partial charge in [-0.15, -0.1) is 12.4 Å². The molecule has 1 unspecified atom stereocenters. The van der Waals surface area contributed by atoms with E-state index < -0.39 is 5.72 Å². The minimum atomic E-state index is -1.00. The second-order valence-corrected chi connectivity index (χ2v) is 9.86. The second kappa shape index (κ2) is 23.9. The molecule has 3 heteroatoms. The lowest BCUT2D eigenvalue weighted by Crippen LogP contribution is -2.44. The van der Waals surface area contributed by atoms with Gasteiger partial charge >= 0.3 is 0 Å². The van der Waals surface area contributed by atoms with Gasteiger partial charge in [-0.1, -0.05) is 142 Å². The minimum absolute atomic E-state index is 0. The van der Waals surface area contributed by atoms with E-state index in [-0.39, 0.29) is 18.3 Å². The molecule has 0 aromatic rings. The molecule has 0 amide bonds. The lowest BCUT2D eigenvalue weighted by molar-refractivity contribution is -0.00458. The average molecular weight is 448 g/mol. The van der Waals surface area contributed by atoms with Crippen LogP contribution in [0.5, 0.6) is 0 Å². The highest BCUT2D eigenvalue weighted by atomic mass is 35.5. The standard InChI is InChI=1S/C27H57NO.ClH/c1-4-6-8-10-12-14-16-18-20-22-24-26(27(3,28)29)25-23-21-19-17-15-13-11-9-7-5-2;/h26,29H,4-25,28H2,1-3H3;1H. The van der Waals surface area contributed by atoms with Crippen LogP contribution in [-0.2, 0) is 0 Å². The number of aliphatic hydroxyl groups is 1. The highest BCUT2D eigenvalue weighted by Gasteiger charge is 2.26. The molecular formula is C27H58ClNO. The quantitative estimate of drug-likeness (QED) is 0.121. The number of nitrogens with two attached hydrogens (primary N) is 1. The third-order valence-electron chi connectivity index (χ3n) is 6.64. The van der Waals surface area contributed by atoms with Crippen molar-refractivity contribution in [2.24, 2.45) is 11.7 Å². The van der Waals surface area contributed by atoms with E-state index in [2.05, 4.69) is 13.8 Å². The van der Waals surface area contributed by atoms with E-state index in [0.29, 0.717) is 0 Å². The van der Waals surface area contributed by atoms with E-state index in [1.807, 2.05) is 6.92 Å². The maximum absolute atomic E-state index is 10.3. The van der Waals surface area contributed by atoms with Crippen molar-refractivity contribution in [1.29, 1.82) is 0 Å². The fourth-order valence-electron chi connectivity index (χ4n) is 4.49. The molecule has 0 rings (SSSR count). The Bertz CT molecular complexity index is 292. The Kier molecular flexibility index (Phi) is 25.8. The Hall–Kier alpha value is 0.210. The van der Waals surface area contributed by atoms with Gasteiger partial charge < -0.3 is 10.8 Å². The van der Waals surface area contributed by atoms with Gasteiger partial charge in [-0.2, -0.15) is 0 Å². The first-order valence-electron chi connectivity index (χ1n) is 13.5. The summed E-state index contributed by atoms with van der Waals surface area (Å²) in [6, 6.07) is 0. The molecule has 0 aromatic carbocycles. The molecule has 0 aliphatic carbocycles. The molecule has 0 aliphatic heterocycles.